The summed E-state index contributed by atoms with van der Waals surface area (Å²) < 4.78 is 0. The van der Waals surface area contributed by atoms with Crippen molar-refractivity contribution in [3.05, 3.63) is 29.3 Å². The van der Waals surface area contributed by atoms with Crippen LogP contribution in [-0.2, 0) is 4.79 Å². The van der Waals surface area contributed by atoms with Crippen molar-refractivity contribution in [1.82, 2.24) is 0 Å². The SMILES string of the molecule is O=C(Cl)CCCSc1cccc(Cl)c1. The largest absolute Gasteiger partial charge is 0.281 e. The molecule has 0 saturated carbocycles. The lowest BCUT2D eigenvalue weighted by Gasteiger charge is -2.00. The summed E-state index contributed by atoms with van der Waals surface area (Å²) in [6.07, 6.45) is 1.24. The van der Waals surface area contributed by atoms with Gasteiger partial charge in [0.25, 0.3) is 0 Å². The van der Waals surface area contributed by atoms with Crippen LogP contribution in [0.15, 0.2) is 29.2 Å². The topological polar surface area (TPSA) is 17.1 Å². The van der Waals surface area contributed by atoms with E-state index < -0.39 is 0 Å². The van der Waals surface area contributed by atoms with E-state index in [0.29, 0.717) is 6.42 Å². The third-order valence-corrected chi connectivity index (χ3v) is 3.09. The number of carbonyl (C=O) groups excluding carboxylic acids is 1. The molecule has 0 aliphatic carbocycles. The molecule has 0 amide bonds. The van der Waals surface area contributed by atoms with Crippen molar-refractivity contribution < 1.29 is 4.79 Å². The maximum Gasteiger partial charge on any atom is 0.221 e. The van der Waals surface area contributed by atoms with Gasteiger partial charge in [-0.05, 0) is 42.0 Å². The van der Waals surface area contributed by atoms with Gasteiger partial charge in [0.2, 0.25) is 5.24 Å². The third-order valence-electron chi connectivity index (χ3n) is 1.58. The van der Waals surface area contributed by atoms with Crippen LogP contribution >= 0.6 is 35.0 Å². The molecule has 1 aromatic carbocycles. The smallest absolute Gasteiger partial charge is 0.221 e. The van der Waals surface area contributed by atoms with Crippen LogP contribution in [0.25, 0.3) is 0 Å². The summed E-state index contributed by atoms with van der Waals surface area (Å²) in [5.74, 6) is 0.888. The van der Waals surface area contributed by atoms with Gasteiger partial charge in [0.15, 0.2) is 0 Å². The van der Waals surface area contributed by atoms with Gasteiger partial charge in [-0.1, -0.05) is 17.7 Å². The van der Waals surface area contributed by atoms with Crippen molar-refractivity contribution in [1.29, 1.82) is 0 Å². The van der Waals surface area contributed by atoms with Gasteiger partial charge in [-0.2, -0.15) is 0 Å². The van der Waals surface area contributed by atoms with Crippen molar-refractivity contribution >= 4 is 40.2 Å². The van der Waals surface area contributed by atoms with E-state index in [2.05, 4.69) is 0 Å². The van der Waals surface area contributed by atoms with Crippen LogP contribution in [-0.4, -0.2) is 11.0 Å². The summed E-state index contributed by atoms with van der Waals surface area (Å²) in [5, 5.41) is 0.472. The van der Waals surface area contributed by atoms with Crippen LogP contribution in [0.4, 0.5) is 0 Å². The number of carbonyl (C=O) groups is 1. The molecule has 0 saturated heterocycles. The fourth-order valence-corrected chi connectivity index (χ4v) is 2.26. The van der Waals surface area contributed by atoms with Gasteiger partial charge < -0.3 is 0 Å². The Labute approximate surface area is 97.8 Å². The fraction of sp³-hybridized carbons (Fsp3) is 0.300. The second-order valence-corrected chi connectivity index (χ2v) is 4.79. The number of hydrogen-bond donors (Lipinski definition) is 0. The molecule has 0 spiro atoms. The van der Waals surface area contributed by atoms with Crippen LogP contribution in [0.5, 0.6) is 0 Å². The Hall–Kier alpha value is -0.180. The Bertz CT molecular complexity index is 315. The van der Waals surface area contributed by atoms with E-state index in [-0.39, 0.29) is 5.24 Å². The number of rotatable bonds is 5. The van der Waals surface area contributed by atoms with Crippen LogP contribution in [0.2, 0.25) is 5.02 Å². The Morgan fingerprint density at radius 3 is 2.86 bits per heavy atom. The molecule has 0 aliphatic heterocycles. The Balaban J connectivity index is 2.28. The molecule has 1 aromatic rings. The van der Waals surface area contributed by atoms with E-state index in [0.717, 1.165) is 22.1 Å². The second-order valence-electron chi connectivity index (χ2n) is 2.76. The maximum absolute atomic E-state index is 10.4. The lowest BCUT2D eigenvalue weighted by molar-refractivity contribution is -0.111. The van der Waals surface area contributed by atoms with Crippen molar-refractivity contribution in [2.45, 2.75) is 17.7 Å². The van der Waals surface area contributed by atoms with Crippen molar-refractivity contribution in [3.8, 4) is 0 Å². The first kappa shape index (κ1) is 11.9. The number of halogens is 2. The number of benzene rings is 1. The zero-order valence-electron chi connectivity index (χ0n) is 7.50. The van der Waals surface area contributed by atoms with Gasteiger partial charge in [0, 0.05) is 16.3 Å². The van der Waals surface area contributed by atoms with Gasteiger partial charge in [0.05, 0.1) is 0 Å². The molecule has 0 bridgehead atoms. The van der Waals surface area contributed by atoms with E-state index in [1.165, 1.54) is 0 Å². The summed E-state index contributed by atoms with van der Waals surface area (Å²) in [5.41, 5.74) is 0. The summed E-state index contributed by atoms with van der Waals surface area (Å²) in [4.78, 5) is 11.6. The summed E-state index contributed by atoms with van der Waals surface area (Å²) >= 11 is 12.7. The maximum atomic E-state index is 10.4. The van der Waals surface area contributed by atoms with Crippen LogP contribution in [0, 0.1) is 0 Å². The molecular formula is C10H10Cl2OS. The molecule has 0 heterocycles. The zero-order valence-corrected chi connectivity index (χ0v) is 9.83. The predicted octanol–water partition coefficient (Wildman–Crippen LogP) is 3.98. The average Bonchev–Trinajstić information content (AvgIpc) is 2.12. The third kappa shape index (κ3) is 4.89. The molecule has 0 aromatic heterocycles. The van der Waals surface area contributed by atoms with E-state index in [1.807, 2.05) is 24.3 Å². The van der Waals surface area contributed by atoms with Gasteiger partial charge in [-0.15, -0.1) is 11.8 Å². The predicted molar refractivity (Wildman–Crippen MR) is 62.3 cm³/mol. The zero-order chi connectivity index (χ0) is 10.4. The Morgan fingerprint density at radius 2 is 2.21 bits per heavy atom. The second kappa shape index (κ2) is 6.33. The fourth-order valence-electron chi connectivity index (χ4n) is 0.958. The molecule has 76 valence electrons. The van der Waals surface area contributed by atoms with Gasteiger partial charge in [-0.25, -0.2) is 0 Å². The number of thioether (sulfide) groups is 1. The molecule has 0 atom stereocenters. The van der Waals surface area contributed by atoms with Crippen LogP contribution in [0.3, 0.4) is 0 Å². The molecule has 0 N–H and O–H groups in total. The first-order valence-electron chi connectivity index (χ1n) is 4.25. The lowest BCUT2D eigenvalue weighted by atomic mass is 10.4. The highest BCUT2D eigenvalue weighted by molar-refractivity contribution is 7.99. The summed E-state index contributed by atoms with van der Waals surface area (Å²) in [7, 11) is 0. The minimum absolute atomic E-state index is 0.267. The Kier molecular flexibility index (Phi) is 5.38. The molecule has 0 unspecified atom stereocenters. The quantitative estimate of drug-likeness (QED) is 0.446. The highest BCUT2D eigenvalue weighted by Crippen LogP contribution is 2.22. The first-order valence-corrected chi connectivity index (χ1v) is 5.99. The molecule has 4 heteroatoms. The normalized spacial score (nSPS) is 10.1. The molecule has 14 heavy (non-hydrogen) atoms. The standard InChI is InChI=1S/C10H10Cl2OS/c11-8-3-1-4-9(7-8)14-6-2-5-10(12)13/h1,3-4,7H,2,5-6H2. The highest BCUT2D eigenvalue weighted by atomic mass is 35.5. The summed E-state index contributed by atoms with van der Waals surface area (Å²) in [6, 6.07) is 7.67. The Morgan fingerprint density at radius 1 is 1.43 bits per heavy atom. The monoisotopic (exact) mass is 248 g/mol. The molecule has 0 aliphatic rings. The molecular weight excluding hydrogens is 239 g/mol. The highest BCUT2D eigenvalue weighted by Gasteiger charge is 1.98. The molecule has 1 nitrogen and oxygen atoms in total. The van der Waals surface area contributed by atoms with E-state index in [4.69, 9.17) is 23.2 Å². The van der Waals surface area contributed by atoms with E-state index in [1.54, 1.807) is 11.8 Å². The van der Waals surface area contributed by atoms with E-state index >= 15 is 0 Å². The minimum atomic E-state index is -0.267. The average molecular weight is 249 g/mol. The van der Waals surface area contributed by atoms with E-state index in [9.17, 15) is 4.79 Å². The van der Waals surface area contributed by atoms with Gasteiger partial charge >= 0.3 is 0 Å². The van der Waals surface area contributed by atoms with Crippen molar-refractivity contribution in [2.75, 3.05) is 5.75 Å². The van der Waals surface area contributed by atoms with Crippen molar-refractivity contribution in [2.24, 2.45) is 0 Å². The first-order chi connectivity index (χ1) is 6.68. The van der Waals surface area contributed by atoms with Crippen molar-refractivity contribution in [3.63, 3.8) is 0 Å². The molecule has 0 radical (unpaired) electrons. The molecule has 0 fully saturated rings. The summed E-state index contributed by atoms with van der Waals surface area (Å²) in [6.45, 7) is 0. The number of hydrogen-bond acceptors (Lipinski definition) is 2. The van der Waals surface area contributed by atoms with Crippen LogP contribution < -0.4 is 0 Å². The van der Waals surface area contributed by atoms with Crippen LogP contribution in [0.1, 0.15) is 12.8 Å². The van der Waals surface area contributed by atoms with Gasteiger partial charge in [-0.3, -0.25) is 4.79 Å². The minimum Gasteiger partial charge on any atom is -0.281 e. The lowest BCUT2D eigenvalue weighted by Crippen LogP contribution is -1.87. The molecule has 1 rings (SSSR count). The van der Waals surface area contributed by atoms with Gasteiger partial charge in [0.1, 0.15) is 0 Å².